The highest BCUT2D eigenvalue weighted by atomic mass is 35.5. The van der Waals surface area contributed by atoms with E-state index in [0.29, 0.717) is 19.6 Å². The SMILES string of the molecule is Cl.O=C(NCC1CCCN(C(=O)c2ccc(F)cc2F)C1)C1CCCN1. The van der Waals surface area contributed by atoms with Crippen LogP contribution in [0.15, 0.2) is 18.2 Å². The minimum absolute atomic E-state index is 0. The predicted molar refractivity (Wildman–Crippen MR) is 96.3 cm³/mol. The third-order valence-electron chi connectivity index (χ3n) is 4.91. The predicted octanol–water partition coefficient (Wildman–Crippen LogP) is 2.11. The van der Waals surface area contributed by atoms with Gasteiger partial charge in [-0.25, -0.2) is 8.78 Å². The van der Waals surface area contributed by atoms with Crippen molar-refractivity contribution < 1.29 is 18.4 Å². The first-order valence-electron chi connectivity index (χ1n) is 8.80. The molecule has 5 nitrogen and oxygen atoms in total. The van der Waals surface area contributed by atoms with Crippen LogP contribution in [0.1, 0.15) is 36.0 Å². The molecule has 2 heterocycles. The lowest BCUT2D eigenvalue weighted by molar-refractivity contribution is -0.123. The van der Waals surface area contributed by atoms with Gasteiger partial charge >= 0.3 is 0 Å². The summed E-state index contributed by atoms with van der Waals surface area (Å²) in [6.07, 6.45) is 3.57. The average Bonchev–Trinajstić information content (AvgIpc) is 3.14. The van der Waals surface area contributed by atoms with E-state index in [1.54, 1.807) is 4.90 Å². The van der Waals surface area contributed by atoms with Crippen molar-refractivity contribution in [1.82, 2.24) is 15.5 Å². The number of rotatable bonds is 4. The van der Waals surface area contributed by atoms with E-state index in [1.165, 1.54) is 6.07 Å². The highest BCUT2D eigenvalue weighted by Crippen LogP contribution is 2.20. The van der Waals surface area contributed by atoms with Crippen LogP contribution >= 0.6 is 12.4 Å². The Kier molecular flexibility index (Phi) is 7.34. The van der Waals surface area contributed by atoms with E-state index in [0.717, 1.165) is 44.4 Å². The molecule has 0 aromatic heterocycles. The lowest BCUT2D eigenvalue weighted by Crippen LogP contribution is -2.46. The molecule has 1 aromatic carbocycles. The van der Waals surface area contributed by atoms with Crippen LogP contribution in [-0.2, 0) is 4.79 Å². The minimum atomic E-state index is -0.840. The first-order valence-corrected chi connectivity index (χ1v) is 8.80. The Hall–Kier alpha value is -1.73. The number of carbonyl (C=O) groups is 2. The maximum absolute atomic E-state index is 13.8. The van der Waals surface area contributed by atoms with Gasteiger partial charge in [0.25, 0.3) is 5.91 Å². The fraction of sp³-hybridized carbons (Fsp3) is 0.556. The topological polar surface area (TPSA) is 61.4 Å². The van der Waals surface area contributed by atoms with Crippen molar-refractivity contribution in [2.45, 2.75) is 31.7 Å². The third-order valence-corrected chi connectivity index (χ3v) is 4.91. The monoisotopic (exact) mass is 387 g/mol. The molecule has 2 aliphatic heterocycles. The fourth-order valence-electron chi connectivity index (χ4n) is 3.53. The Balaban J connectivity index is 0.00000243. The number of nitrogens with zero attached hydrogens (tertiary/aromatic N) is 1. The first-order chi connectivity index (χ1) is 12.0. The number of piperidine rings is 1. The van der Waals surface area contributed by atoms with Crippen molar-refractivity contribution in [3.8, 4) is 0 Å². The van der Waals surface area contributed by atoms with Crippen molar-refractivity contribution in [1.29, 1.82) is 0 Å². The van der Waals surface area contributed by atoms with Gasteiger partial charge in [0, 0.05) is 25.7 Å². The van der Waals surface area contributed by atoms with Gasteiger partial charge in [0.05, 0.1) is 11.6 Å². The number of likely N-dealkylation sites (tertiary alicyclic amines) is 1. The zero-order valence-corrected chi connectivity index (χ0v) is 15.3. The molecule has 0 spiro atoms. The van der Waals surface area contributed by atoms with Crippen LogP contribution in [0.3, 0.4) is 0 Å². The van der Waals surface area contributed by atoms with Crippen LogP contribution in [0.5, 0.6) is 0 Å². The number of nitrogens with one attached hydrogen (secondary N) is 2. The molecule has 2 aliphatic rings. The summed E-state index contributed by atoms with van der Waals surface area (Å²) in [5.74, 6) is -1.82. The lowest BCUT2D eigenvalue weighted by atomic mass is 9.97. The first kappa shape index (κ1) is 20.6. The number of hydrogen-bond donors (Lipinski definition) is 2. The van der Waals surface area contributed by atoms with Crippen molar-refractivity contribution in [3.05, 3.63) is 35.4 Å². The van der Waals surface area contributed by atoms with Gasteiger partial charge in [-0.3, -0.25) is 9.59 Å². The largest absolute Gasteiger partial charge is 0.354 e. The summed E-state index contributed by atoms with van der Waals surface area (Å²) in [6.45, 7) is 2.39. The van der Waals surface area contributed by atoms with Crippen LogP contribution in [0.25, 0.3) is 0 Å². The molecule has 3 rings (SSSR count). The second kappa shape index (κ2) is 9.28. The standard InChI is InChI=1S/C18H23F2N3O2.ClH/c19-13-5-6-14(15(20)9-13)18(25)23-8-2-3-12(11-23)10-22-17(24)16-4-1-7-21-16;/h5-6,9,12,16,21H,1-4,7-8,10-11H2,(H,22,24);1H. The number of halogens is 3. The van der Waals surface area contributed by atoms with Crippen LogP contribution in [0, 0.1) is 17.6 Å². The molecule has 2 N–H and O–H groups in total. The Labute approximate surface area is 157 Å². The molecule has 0 saturated carbocycles. The minimum Gasteiger partial charge on any atom is -0.354 e. The third kappa shape index (κ3) is 4.92. The number of amides is 2. The molecular formula is C18H24ClF2N3O2. The molecule has 2 unspecified atom stereocenters. The van der Waals surface area contributed by atoms with Crippen LogP contribution in [0.2, 0.25) is 0 Å². The van der Waals surface area contributed by atoms with Crippen molar-refractivity contribution >= 4 is 24.2 Å². The maximum atomic E-state index is 13.8. The van der Waals surface area contributed by atoms with E-state index in [4.69, 9.17) is 0 Å². The normalized spacial score (nSPS) is 22.6. The van der Waals surface area contributed by atoms with Gasteiger partial charge in [-0.2, -0.15) is 0 Å². The molecule has 2 fully saturated rings. The summed E-state index contributed by atoms with van der Waals surface area (Å²) in [5.41, 5.74) is -0.110. The molecule has 144 valence electrons. The second-order valence-electron chi connectivity index (χ2n) is 6.78. The quantitative estimate of drug-likeness (QED) is 0.831. The van der Waals surface area contributed by atoms with Crippen LogP contribution in [-0.4, -0.2) is 48.9 Å². The molecule has 26 heavy (non-hydrogen) atoms. The summed E-state index contributed by atoms with van der Waals surface area (Å²) < 4.78 is 26.8. The zero-order valence-electron chi connectivity index (χ0n) is 14.5. The van der Waals surface area contributed by atoms with Gasteiger partial charge in [0.2, 0.25) is 5.91 Å². The van der Waals surface area contributed by atoms with E-state index in [2.05, 4.69) is 10.6 Å². The number of benzene rings is 1. The fourth-order valence-corrected chi connectivity index (χ4v) is 3.53. The average molecular weight is 388 g/mol. The molecule has 2 amide bonds. The molecule has 0 aliphatic carbocycles. The van der Waals surface area contributed by atoms with E-state index in [9.17, 15) is 18.4 Å². The Morgan fingerprint density at radius 2 is 2.04 bits per heavy atom. The highest BCUT2D eigenvalue weighted by molar-refractivity contribution is 5.94. The van der Waals surface area contributed by atoms with Gasteiger partial charge in [-0.1, -0.05) is 0 Å². The van der Waals surface area contributed by atoms with Crippen molar-refractivity contribution in [3.63, 3.8) is 0 Å². The van der Waals surface area contributed by atoms with Gasteiger partial charge in [-0.05, 0) is 50.3 Å². The molecule has 1 aromatic rings. The summed E-state index contributed by atoms with van der Waals surface area (Å²) in [6, 6.07) is 2.88. The molecule has 0 radical (unpaired) electrons. The summed E-state index contributed by atoms with van der Waals surface area (Å²) in [7, 11) is 0. The van der Waals surface area contributed by atoms with Crippen LogP contribution in [0.4, 0.5) is 8.78 Å². The van der Waals surface area contributed by atoms with E-state index < -0.39 is 17.5 Å². The summed E-state index contributed by atoms with van der Waals surface area (Å²) in [5, 5.41) is 6.10. The zero-order chi connectivity index (χ0) is 17.8. The molecule has 0 bridgehead atoms. The maximum Gasteiger partial charge on any atom is 0.256 e. The number of carbonyl (C=O) groups excluding carboxylic acids is 2. The Bertz CT molecular complexity index is 653. The van der Waals surface area contributed by atoms with Crippen LogP contribution < -0.4 is 10.6 Å². The Morgan fingerprint density at radius 3 is 2.73 bits per heavy atom. The highest BCUT2D eigenvalue weighted by Gasteiger charge is 2.28. The molecule has 8 heteroatoms. The lowest BCUT2D eigenvalue weighted by Gasteiger charge is -2.33. The number of hydrogen-bond acceptors (Lipinski definition) is 3. The Morgan fingerprint density at radius 1 is 1.23 bits per heavy atom. The van der Waals surface area contributed by atoms with E-state index in [1.807, 2.05) is 0 Å². The summed E-state index contributed by atoms with van der Waals surface area (Å²) >= 11 is 0. The molecular weight excluding hydrogens is 364 g/mol. The van der Waals surface area contributed by atoms with Gasteiger partial charge in [0.15, 0.2) is 0 Å². The van der Waals surface area contributed by atoms with Gasteiger partial charge in [-0.15, -0.1) is 12.4 Å². The second-order valence-corrected chi connectivity index (χ2v) is 6.78. The summed E-state index contributed by atoms with van der Waals surface area (Å²) in [4.78, 5) is 26.1. The van der Waals surface area contributed by atoms with Crippen molar-refractivity contribution in [2.75, 3.05) is 26.2 Å². The van der Waals surface area contributed by atoms with Gasteiger partial charge < -0.3 is 15.5 Å². The molecule has 2 saturated heterocycles. The van der Waals surface area contributed by atoms with E-state index in [-0.39, 0.29) is 35.8 Å². The van der Waals surface area contributed by atoms with E-state index >= 15 is 0 Å². The van der Waals surface area contributed by atoms with Gasteiger partial charge in [0.1, 0.15) is 11.6 Å². The van der Waals surface area contributed by atoms with Crippen molar-refractivity contribution in [2.24, 2.45) is 5.92 Å². The molecule has 2 atom stereocenters. The smallest absolute Gasteiger partial charge is 0.256 e.